The lowest BCUT2D eigenvalue weighted by atomic mass is 9.69. The third kappa shape index (κ3) is 4.75. The zero-order valence-electron chi connectivity index (χ0n) is 15.5. The summed E-state index contributed by atoms with van der Waals surface area (Å²) in [6.07, 6.45) is 11.6. The Morgan fingerprint density at radius 1 is 1.04 bits per heavy atom. The predicted octanol–water partition coefficient (Wildman–Crippen LogP) is 5.51. The van der Waals surface area contributed by atoms with E-state index in [1.54, 1.807) is 6.08 Å². The third-order valence-corrected chi connectivity index (χ3v) is 6.28. The van der Waals surface area contributed by atoms with Crippen LogP contribution in [-0.2, 0) is 9.53 Å². The second-order valence-electron chi connectivity index (χ2n) is 7.86. The van der Waals surface area contributed by atoms with E-state index in [4.69, 9.17) is 10.00 Å². The molecule has 1 aromatic rings. The first-order valence-corrected chi connectivity index (χ1v) is 10.00. The lowest BCUT2D eigenvalue weighted by Gasteiger charge is -2.37. The standard InChI is InChI=1S/C23H29NO2/c1-2-3-23(25)26-22-14-12-21(13-15-22)20-10-8-19(9-11-20)18-6-4-17(16-24)5-7-18/h2,4-7,19-22H,1,3,8-15H2/t19-,20-,21-,22-. The highest BCUT2D eigenvalue weighted by Gasteiger charge is 2.32. The van der Waals surface area contributed by atoms with Crippen molar-refractivity contribution in [3.05, 3.63) is 48.0 Å². The van der Waals surface area contributed by atoms with E-state index < -0.39 is 0 Å². The molecule has 3 heteroatoms. The average Bonchev–Trinajstić information content (AvgIpc) is 2.69. The van der Waals surface area contributed by atoms with E-state index in [0.717, 1.165) is 30.2 Å². The lowest BCUT2D eigenvalue weighted by Crippen LogP contribution is -2.29. The molecular weight excluding hydrogens is 322 g/mol. The van der Waals surface area contributed by atoms with Crippen LogP contribution >= 0.6 is 0 Å². The van der Waals surface area contributed by atoms with Gasteiger partial charge in [-0.3, -0.25) is 4.79 Å². The summed E-state index contributed by atoms with van der Waals surface area (Å²) in [5, 5.41) is 8.93. The Balaban J connectivity index is 1.43. The van der Waals surface area contributed by atoms with Gasteiger partial charge in [0.25, 0.3) is 0 Å². The van der Waals surface area contributed by atoms with Crippen LogP contribution in [0.15, 0.2) is 36.9 Å². The molecule has 0 bridgehead atoms. The molecule has 0 unspecified atom stereocenters. The van der Waals surface area contributed by atoms with Crippen molar-refractivity contribution in [1.82, 2.24) is 0 Å². The van der Waals surface area contributed by atoms with E-state index in [9.17, 15) is 4.79 Å². The average molecular weight is 351 g/mol. The van der Waals surface area contributed by atoms with Crippen LogP contribution in [0, 0.1) is 23.2 Å². The fraction of sp³-hybridized carbons (Fsp3) is 0.565. The summed E-state index contributed by atoms with van der Waals surface area (Å²) in [4.78, 5) is 11.6. The summed E-state index contributed by atoms with van der Waals surface area (Å²) in [5.74, 6) is 2.14. The number of ether oxygens (including phenoxy) is 1. The molecule has 0 radical (unpaired) electrons. The van der Waals surface area contributed by atoms with Crippen LogP contribution < -0.4 is 0 Å². The number of benzene rings is 1. The van der Waals surface area contributed by atoms with Gasteiger partial charge in [0, 0.05) is 0 Å². The Morgan fingerprint density at radius 2 is 1.62 bits per heavy atom. The molecule has 3 nitrogen and oxygen atoms in total. The van der Waals surface area contributed by atoms with Gasteiger partial charge in [-0.25, -0.2) is 0 Å². The maximum absolute atomic E-state index is 11.6. The molecule has 2 aliphatic rings. The van der Waals surface area contributed by atoms with Gasteiger partial charge in [0.2, 0.25) is 0 Å². The van der Waals surface area contributed by atoms with E-state index in [-0.39, 0.29) is 12.1 Å². The molecule has 3 rings (SSSR count). The van der Waals surface area contributed by atoms with Crippen LogP contribution in [-0.4, -0.2) is 12.1 Å². The Labute approximate surface area is 157 Å². The van der Waals surface area contributed by atoms with Gasteiger partial charge in [0.05, 0.1) is 18.1 Å². The molecule has 1 aromatic carbocycles. The highest BCUT2D eigenvalue weighted by atomic mass is 16.5. The molecule has 0 amide bonds. The van der Waals surface area contributed by atoms with Crippen molar-refractivity contribution in [2.45, 2.75) is 69.8 Å². The van der Waals surface area contributed by atoms with Crippen LogP contribution in [0.4, 0.5) is 0 Å². The Kier molecular flexibility index (Phi) is 6.50. The van der Waals surface area contributed by atoms with Crippen molar-refractivity contribution in [2.24, 2.45) is 11.8 Å². The smallest absolute Gasteiger partial charge is 0.309 e. The Morgan fingerprint density at radius 3 is 2.15 bits per heavy atom. The number of nitriles is 1. The largest absolute Gasteiger partial charge is 0.462 e. The molecule has 0 N–H and O–H groups in total. The zero-order chi connectivity index (χ0) is 18.4. The van der Waals surface area contributed by atoms with Gasteiger partial charge in [-0.1, -0.05) is 18.2 Å². The molecule has 0 aromatic heterocycles. The number of esters is 1. The molecule has 26 heavy (non-hydrogen) atoms. The molecule has 0 heterocycles. The lowest BCUT2D eigenvalue weighted by molar-refractivity contribution is -0.150. The first-order chi connectivity index (χ1) is 12.7. The number of carbonyl (C=O) groups excluding carboxylic acids is 1. The summed E-state index contributed by atoms with van der Waals surface area (Å²) < 4.78 is 5.53. The molecule has 138 valence electrons. The number of rotatable bonds is 5. The van der Waals surface area contributed by atoms with Crippen LogP contribution in [0.25, 0.3) is 0 Å². The number of carbonyl (C=O) groups is 1. The van der Waals surface area contributed by atoms with Crippen molar-refractivity contribution in [3.63, 3.8) is 0 Å². The summed E-state index contributed by atoms with van der Waals surface area (Å²) in [7, 11) is 0. The maximum atomic E-state index is 11.6. The van der Waals surface area contributed by atoms with Crippen molar-refractivity contribution >= 4 is 5.97 Å². The molecule has 2 saturated carbocycles. The number of hydrogen-bond donors (Lipinski definition) is 0. The summed E-state index contributed by atoms with van der Waals surface area (Å²) in [6, 6.07) is 10.3. The van der Waals surface area contributed by atoms with Gasteiger partial charge < -0.3 is 4.74 Å². The highest BCUT2D eigenvalue weighted by molar-refractivity contribution is 5.71. The topological polar surface area (TPSA) is 50.1 Å². The molecule has 0 spiro atoms. The van der Waals surface area contributed by atoms with E-state index in [0.29, 0.717) is 12.3 Å². The highest BCUT2D eigenvalue weighted by Crippen LogP contribution is 2.43. The Bertz CT molecular complexity index is 642. The fourth-order valence-corrected chi connectivity index (χ4v) is 4.78. The van der Waals surface area contributed by atoms with Crippen LogP contribution in [0.5, 0.6) is 0 Å². The fourth-order valence-electron chi connectivity index (χ4n) is 4.78. The minimum atomic E-state index is -0.133. The van der Waals surface area contributed by atoms with Crippen LogP contribution in [0.1, 0.15) is 74.8 Å². The SMILES string of the molecule is C=CCC(=O)O[C@H]1CC[C@H]([C@H]2CC[C@H](c3ccc(C#N)cc3)CC2)CC1. The van der Waals surface area contributed by atoms with E-state index in [1.807, 2.05) is 12.1 Å². The first kappa shape index (κ1) is 18.7. The van der Waals surface area contributed by atoms with Crippen molar-refractivity contribution in [3.8, 4) is 6.07 Å². The maximum Gasteiger partial charge on any atom is 0.309 e. The summed E-state index contributed by atoms with van der Waals surface area (Å²) in [6.45, 7) is 3.59. The predicted molar refractivity (Wildman–Crippen MR) is 103 cm³/mol. The van der Waals surface area contributed by atoms with Gasteiger partial charge in [0.15, 0.2) is 0 Å². The van der Waals surface area contributed by atoms with Gasteiger partial charge in [-0.2, -0.15) is 5.26 Å². The van der Waals surface area contributed by atoms with Crippen molar-refractivity contribution in [2.75, 3.05) is 0 Å². The molecule has 0 atom stereocenters. The second kappa shape index (κ2) is 9.03. The van der Waals surface area contributed by atoms with E-state index in [2.05, 4.69) is 24.8 Å². The summed E-state index contributed by atoms with van der Waals surface area (Å²) in [5.41, 5.74) is 2.13. The summed E-state index contributed by atoms with van der Waals surface area (Å²) >= 11 is 0. The monoisotopic (exact) mass is 351 g/mol. The van der Waals surface area contributed by atoms with Gasteiger partial charge >= 0.3 is 5.97 Å². The molecule has 2 fully saturated rings. The Hall–Kier alpha value is -2.08. The molecule has 0 aliphatic heterocycles. The van der Waals surface area contributed by atoms with E-state index in [1.165, 1.54) is 44.1 Å². The number of nitrogens with zero attached hydrogens (tertiary/aromatic N) is 1. The molecule has 0 saturated heterocycles. The minimum absolute atomic E-state index is 0.119. The van der Waals surface area contributed by atoms with Gasteiger partial charge in [-0.05, 0) is 86.8 Å². The second-order valence-corrected chi connectivity index (χ2v) is 7.86. The van der Waals surface area contributed by atoms with Crippen LogP contribution in [0.3, 0.4) is 0 Å². The zero-order valence-corrected chi connectivity index (χ0v) is 15.5. The van der Waals surface area contributed by atoms with Crippen molar-refractivity contribution in [1.29, 1.82) is 5.26 Å². The van der Waals surface area contributed by atoms with Crippen LogP contribution in [0.2, 0.25) is 0 Å². The molecule has 2 aliphatic carbocycles. The number of hydrogen-bond acceptors (Lipinski definition) is 3. The normalized spacial score (nSPS) is 28.7. The van der Waals surface area contributed by atoms with Crippen molar-refractivity contribution < 1.29 is 9.53 Å². The van der Waals surface area contributed by atoms with Gasteiger partial charge in [0.1, 0.15) is 6.10 Å². The third-order valence-electron chi connectivity index (χ3n) is 6.28. The quantitative estimate of drug-likeness (QED) is 0.519. The minimum Gasteiger partial charge on any atom is -0.462 e. The first-order valence-electron chi connectivity index (χ1n) is 10.00. The van der Waals surface area contributed by atoms with Gasteiger partial charge in [-0.15, -0.1) is 6.58 Å². The molecular formula is C23H29NO2. The van der Waals surface area contributed by atoms with E-state index >= 15 is 0 Å².